The van der Waals surface area contributed by atoms with Gasteiger partial charge in [0.25, 0.3) is 0 Å². The van der Waals surface area contributed by atoms with Crippen molar-refractivity contribution in [3.8, 4) is 6.07 Å². The maximum atomic E-state index is 14.5. The SMILES string of the molecule is CCCN.CC[C@H]1OC(=O)[C@H](OCc2ccccc2)[C@@H](OCc2ccccc2)[C@@H]1C.CC[C@H]1O[C@@H](C)[C@H](OCc2ccccc2)[C@@H](OCc2ccccc2)[C@@H]1C.C[C@@H]1O[C@@H]2CO[C@@H](c3ccccc3)O[C@H]2[C@H](OS(=O)(=O)C(F)(F)F)[C@H]1OS(=O)(=O)C(F)(F)F.C[C@H]1[C@H](F)[C@H](O)[C@@H](CO)O[C@H]1C.[2H]C[C@H]1O[C@@H](C)[C@@H](C)[C@H](F)[C@@H]1OP(CCC)OCCC#N.[3H]OC. The molecule has 6 aliphatic heterocycles. The van der Waals surface area contributed by atoms with E-state index in [-0.39, 0.29) is 92.7 Å². The van der Waals surface area contributed by atoms with E-state index in [4.69, 9.17) is 80.1 Å². The number of halogens is 8. The smallest absolute Gasteiger partial charge is 0.460 e. The van der Waals surface area contributed by atoms with Gasteiger partial charge in [-0.05, 0) is 89.1 Å². The molecule has 5 aromatic rings. The maximum absolute atomic E-state index is 14.5. The fraction of sp³-hybridized carbons (Fsp3) is 0.632. The Morgan fingerprint density at radius 1 is 0.561 bits per heavy atom. The van der Waals surface area contributed by atoms with Gasteiger partial charge in [-0.3, -0.25) is 8.37 Å². The van der Waals surface area contributed by atoms with Gasteiger partial charge in [0.05, 0.1) is 101 Å². The first-order valence-corrected chi connectivity index (χ1v) is 45.3. The summed E-state index contributed by atoms with van der Waals surface area (Å²) in [7, 11) is -12.7. The van der Waals surface area contributed by atoms with Gasteiger partial charge in [0.2, 0.25) is 1.43 Å². The summed E-state index contributed by atoms with van der Waals surface area (Å²) in [5.74, 6) is -0.551. The topological polar surface area (TPSA) is 334 Å². The molecule has 26 atom stereocenters. The molecular weight excluding hydrogens is 1690 g/mol. The molecule has 123 heavy (non-hydrogen) atoms. The molecule has 0 saturated carbocycles. The number of fused-ring (bicyclic) bond motifs is 1. The molecule has 6 saturated heterocycles. The van der Waals surface area contributed by atoms with Crippen molar-refractivity contribution in [2.75, 3.05) is 39.6 Å². The van der Waals surface area contributed by atoms with Gasteiger partial charge >= 0.3 is 37.2 Å². The lowest BCUT2D eigenvalue weighted by molar-refractivity contribution is -0.320. The number of cyclic esters (lactones) is 1. The van der Waals surface area contributed by atoms with Gasteiger partial charge in [-0.1, -0.05) is 207 Å². The Labute approximate surface area is 723 Å². The number of nitrogens with two attached hydrogens (primary N) is 1. The Hall–Kier alpha value is -5.89. The van der Waals surface area contributed by atoms with E-state index in [0.29, 0.717) is 57.1 Å². The lowest BCUT2D eigenvalue weighted by Gasteiger charge is -2.47. The highest BCUT2D eigenvalue weighted by Gasteiger charge is 2.60. The lowest BCUT2D eigenvalue weighted by Crippen LogP contribution is -2.63. The maximum Gasteiger partial charge on any atom is 0.523 e. The van der Waals surface area contributed by atoms with E-state index in [1.807, 2.05) is 124 Å². The minimum Gasteiger partial charge on any atom is -0.460 e. The van der Waals surface area contributed by atoms with Crippen LogP contribution in [0.15, 0.2) is 152 Å². The quantitative estimate of drug-likeness (QED) is 0.00902. The van der Waals surface area contributed by atoms with Crippen molar-refractivity contribution in [3.63, 3.8) is 0 Å². The number of nitriles is 1. The Bertz CT molecular complexity index is 4050. The number of esters is 1. The average molecular weight is 1820 g/mol. The molecule has 6 aliphatic rings. The summed E-state index contributed by atoms with van der Waals surface area (Å²) in [4.78, 5) is 12.5. The summed E-state index contributed by atoms with van der Waals surface area (Å²) < 4.78 is 248. The van der Waals surface area contributed by atoms with Gasteiger partial charge in [0, 0.05) is 43.9 Å². The van der Waals surface area contributed by atoms with Crippen molar-refractivity contribution >= 4 is 34.6 Å². The molecule has 694 valence electrons. The van der Waals surface area contributed by atoms with Crippen LogP contribution < -0.4 is 5.73 Å². The van der Waals surface area contributed by atoms with E-state index in [9.17, 15) is 61.9 Å². The van der Waals surface area contributed by atoms with Crippen molar-refractivity contribution in [1.82, 2.24) is 0 Å². The summed E-state index contributed by atoms with van der Waals surface area (Å²) in [5.41, 5.74) is -2.12. The molecule has 1 unspecified atom stereocenters. The first-order valence-electron chi connectivity index (χ1n) is 42.2. The van der Waals surface area contributed by atoms with E-state index < -0.39 is 119 Å². The number of nitrogens with zero attached hydrogens (tertiary/aromatic N) is 1. The van der Waals surface area contributed by atoms with Gasteiger partial charge in [0.15, 0.2) is 20.8 Å². The number of aliphatic hydroxyl groups is 3. The van der Waals surface area contributed by atoms with Gasteiger partial charge in [0.1, 0.15) is 73.4 Å². The molecule has 0 bridgehead atoms. The Balaban J connectivity index is 0.000000279. The molecule has 6 fully saturated rings. The largest absolute Gasteiger partial charge is 0.523 e. The molecule has 36 heteroatoms. The monoisotopic (exact) mass is 1820 g/mol. The molecule has 5 N–H and O–H groups in total. The zero-order valence-electron chi connectivity index (χ0n) is 73.8. The standard InChI is InChI=1S/C23H30O3.C22H26O4.C16H16F6O9S2.C14H25FNO3P.C8H15FO3.C3H9N.CH4O/c1-4-21-17(2)22(24-15-19-11-7-5-8-12-19)23(18(3)26-21)25-16-20-13-9-6-10-14-20;1-3-19-16(2)20(24-14-17-10-6-4-7-11-17)21(22(23)26-19)25-15-18-12-8-5-9-13-18;1-8-11(30-32(23,24)15(17,18)19)13(31-33(25,26)16(20,21)22)12-10(28-8)7-27-14(29-12)9-5-3-2-4-6-9;1-5-9-20(17-8-6-7-16)19-14-12(4)18-11(3)10(2)13(14)15;1-4-5(2)12-6(3-10)8(11)7(4)9;1-2-3-4;1-2/h5-14,17-18,21-23H,4,15-16H2,1-3H3;4-13,16,19-21H,3,14-15H2,1-2H3;2-6,8,10-14H,7H2,1H3;10-14H,5-6,8-9H2,1-4H3;4-8,10-11H,3H2,1-2H3;2-4H2,1H3;2H,1H3/t17-,18+,21-,22+,23+;16-,19-,20+,21-;8-,10+,11-,12+,13+,14+;10-,11+,12-,13+,14-,20?;4-,5+,6-,7+,8-;;/m11011../s1/i;;;4D;;;2T. The molecule has 5 aromatic carbocycles. The van der Waals surface area contributed by atoms with Crippen LogP contribution in [0.5, 0.6) is 0 Å². The molecule has 0 radical (unpaired) electrons. The van der Waals surface area contributed by atoms with E-state index in [0.717, 1.165) is 50.3 Å². The van der Waals surface area contributed by atoms with Crippen LogP contribution in [0.3, 0.4) is 0 Å². The first-order chi connectivity index (χ1) is 59.4. The van der Waals surface area contributed by atoms with Crippen LogP contribution in [0, 0.1) is 35.0 Å². The molecule has 0 aliphatic carbocycles. The normalized spacial score (nSPS) is 31.1. The second-order valence-electron chi connectivity index (χ2n) is 30.1. The lowest BCUT2D eigenvalue weighted by atomic mass is 9.87. The van der Waals surface area contributed by atoms with Crippen LogP contribution in [-0.2, 0) is 121 Å². The summed E-state index contributed by atoms with van der Waals surface area (Å²) in [6.45, 7) is 25.0. The van der Waals surface area contributed by atoms with Crippen LogP contribution in [0.2, 0.25) is 0 Å². The average Bonchev–Trinajstić information content (AvgIpc) is 0.752. The number of rotatable bonds is 28. The zero-order valence-corrected chi connectivity index (χ0v) is 74.3. The van der Waals surface area contributed by atoms with Crippen LogP contribution in [0.1, 0.15) is 158 Å². The van der Waals surface area contributed by atoms with Gasteiger partial charge < -0.3 is 82.2 Å². The van der Waals surface area contributed by atoms with Gasteiger partial charge in [-0.2, -0.15) is 48.4 Å². The molecule has 25 nitrogen and oxygen atoms in total. The number of carbonyl (C=O) groups excluding carboxylic acids is 1. The molecule has 11 rings (SSSR count). The highest BCUT2D eigenvalue weighted by molar-refractivity contribution is 7.88. The summed E-state index contributed by atoms with van der Waals surface area (Å²) in [6.07, 6.45) is -13.6. The molecule has 0 spiro atoms. The third kappa shape index (κ3) is 33.0. The van der Waals surface area contributed by atoms with Crippen molar-refractivity contribution < 1.29 is 143 Å². The van der Waals surface area contributed by atoms with Crippen molar-refractivity contribution in [2.45, 2.75) is 288 Å². The van der Waals surface area contributed by atoms with Crippen molar-refractivity contribution in [1.29, 1.82) is 6.69 Å². The van der Waals surface area contributed by atoms with Crippen molar-refractivity contribution in [2.24, 2.45) is 29.4 Å². The van der Waals surface area contributed by atoms with Crippen LogP contribution >= 0.6 is 8.38 Å². The minimum atomic E-state index is -6.41. The van der Waals surface area contributed by atoms with Crippen LogP contribution in [-0.4, -0.2) is 212 Å². The molecule has 0 amide bonds. The first kappa shape index (κ1) is 104. The number of benzene rings is 5. The number of alkyl halides is 8. The second kappa shape index (κ2) is 53.8. The van der Waals surface area contributed by atoms with Crippen molar-refractivity contribution in [3.05, 3.63) is 179 Å². The van der Waals surface area contributed by atoms with Gasteiger partial charge in [-0.25, -0.2) is 13.6 Å². The highest BCUT2D eigenvalue weighted by Crippen LogP contribution is 2.46. The van der Waals surface area contributed by atoms with E-state index in [1.54, 1.807) is 39.0 Å². The summed E-state index contributed by atoms with van der Waals surface area (Å²) >= 11 is 0. The third-order valence-corrected chi connectivity index (χ3v) is 24.9. The third-order valence-electron chi connectivity index (χ3n) is 21.0. The number of ether oxygens (including phenoxy) is 11. The summed E-state index contributed by atoms with van der Waals surface area (Å²) in [5, 5.41) is 30.0. The van der Waals surface area contributed by atoms with E-state index >= 15 is 0 Å². The van der Waals surface area contributed by atoms with E-state index in [1.165, 1.54) is 30.4 Å². The Morgan fingerprint density at radius 3 is 1.45 bits per heavy atom. The van der Waals surface area contributed by atoms with Gasteiger partial charge in [-0.15, -0.1) is 0 Å². The predicted molar refractivity (Wildman–Crippen MR) is 443 cm³/mol. The number of carbonyl (C=O) groups is 1. The minimum absolute atomic E-state index is 0.0145. The Kier molecular flexibility index (Phi) is 45.6. The van der Waals surface area contributed by atoms with Crippen LogP contribution in [0.25, 0.3) is 0 Å². The number of hydrogen-bond donors (Lipinski definition) is 4. The number of aliphatic hydroxyl groups excluding tert-OH is 3. The van der Waals surface area contributed by atoms with E-state index in [2.05, 4.69) is 72.4 Å². The highest BCUT2D eigenvalue weighted by atomic mass is 32.2. The summed E-state index contributed by atoms with van der Waals surface area (Å²) in [6, 6.07) is 50.1. The predicted octanol–water partition coefficient (Wildman–Crippen LogP) is 15.3. The fourth-order valence-electron chi connectivity index (χ4n) is 13.7. The Morgan fingerprint density at radius 2 is 0.992 bits per heavy atom. The second-order valence-corrected chi connectivity index (χ2v) is 34.8. The molecular formula is C87H125F8N2O23PS2. The molecule has 0 aromatic heterocycles. The van der Waals surface area contributed by atoms with Crippen LogP contribution in [0.4, 0.5) is 35.1 Å². The fourth-order valence-corrected chi connectivity index (χ4v) is 16.4. The molecule has 6 heterocycles. The zero-order chi connectivity index (χ0) is 92.8. The number of hydrogen-bond acceptors (Lipinski definition) is 25.